The maximum Gasteiger partial charge on any atom is 0.337 e. The number of methoxy groups -OCH3 is 1. The minimum atomic E-state index is -0.420. The highest BCUT2D eigenvalue weighted by atomic mass is 16.6. The van der Waals surface area contributed by atoms with Gasteiger partial charge in [-0.1, -0.05) is 12.1 Å². The highest BCUT2D eigenvalue weighted by molar-refractivity contribution is 5.89. The lowest BCUT2D eigenvalue weighted by molar-refractivity contribution is -0.134. The lowest BCUT2D eigenvalue weighted by Gasteiger charge is -2.30. The normalized spacial score (nSPS) is 14.9. The predicted octanol–water partition coefficient (Wildman–Crippen LogP) is 2.54. The van der Waals surface area contributed by atoms with Crippen LogP contribution in [0.3, 0.4) is 0 Å². The minimum Gasteiger partial charge on any atom is -0.486 e. The van der Waals surface area contributed by atoms with Crippen LogP contribution < -0.4 is 14.2 Å². The molecular formula is C21H23NO6. The zero-order valence-corrected chi connectivity index (χ0v) is 15.9. The van der Waals surface area contributed by atoms with Crippen LogP contribution in [0.4, 0.5) is 0 Å². The number of fused-ring (bicyclic) bond motifs is 1. The Kier molecular flexibility index (Phi) is 6.37. The van der Waals surface area contributed by atoms with E-state index in [1.807, 2.05) is 31.2 Å². The van der Waals surface area contributed by atoms with Crippen LogP contribution in [-0.4, -0.2) is 56.3 Å². The van der Waals surface area contributed by atoms with Crippen LogP contribution in [0, 0.1) is 0 Å². The molecule has 1 aliphatic heterocycles. The van der Waals surface area contributed by atoms with Crippen LogP contribution in [-0.2, 0) is 9.53 Å². The van der Waals surface area contributed by atoms with Crippen molar-refractivity contribution in [2.75, 3.05) is 33.4 Å². The Balaban J connectivity index is 1.52. The Hall–Kier alpha value is -3.22. The highest BCUT2D eigenvalue weighted by Gasteiger charge is 2.25. The summed E-state index contributed by atoms with van der Waals surface area (Å²) in [6, 6.07) is 13.9. The molecule has 148 valence electrons. The van der Waals surface area contributed by atoms with Gasteiger partial charge in [-0.15, -0.1) is 0 Å². The third kappa shape index (κ3) is 4.73. The van der Waals surface area contributed by atoms with Crippen LogP contribution >= 0.6 is 0 Å². The molecule has 3 rings (SSSR count). The van der Waals surface area contributed by atoms with Gasteiger partial charge in [-0.2, -0.15) is 0 Å². The first kappa shape index (κ1) is 19.5. The van der Waals surface area contributed by atoms with E-state index in [0.717, 1.165) is 0 Å². The fourth-order valence-corrected chi connectivity index (χ4v) is 2.85. The van der Waals surface area contributed by atoms with Crippen LogP contribution in [0.2, 0.25) is 0 Å². The number of ether oxygens (including phenoxy) is 4. The van der Waals surface area contributed by atoms with Crippen molar-refractivity contribution in [3.8, 4) is 17.2 Å². The molecule has 0 aliphatic carbocycles. The number of rotatable bonds is 7. The second-order valence-electron chi connectivity index (χ2n) is 6.23. The molecule has 0 aromatic heterocycles. The fourth-order valence-electron chi connectivity index (χ4n) is 2.85. The van der Waals surface area contributed by atoms with Gasteiger partial charge in [0.1, 0.15) is 12.4 Å². The molecule has 0 fully saturated rings. The zero-order valence-electron chi connectivity index (χ0n) is 15.9. The van der Waals surface area contributed by atoms with Crippen molar-refractivity contribution < 1.29 is 28.5 Å². The molecule has 28 heavy (non-hydrogen) atoms. The molecule has 1 aliphatic rings. The van der Waals surface area contributed by atoms with E-state index >= 15 is 0 Å². The molecule has 0 bridgehead atoms. The van der Waals surface area contributed by atoms with Crippen molar-refractivity contribution in [3.05, 3.63) is 54.1 Å². The quantitative estimate of drug-likeness (QED) is 0.682. The van der Waals surface area contributed by atoms with E-state index in [4.69, 9.17) is 14.2 Å². The molecule has 0 saturated carbocycles. The Morgan fingerprint density at radius 2 is 1.82 bits per heavy atom. The summed E-state index contributed by atoms with van der Waals surface area (Å²) in [7, 11) is 1.32. The summed E-state index contributed by atoms with van der Waals surface area (Å²) in [5, 5.41) is 0. The average Bonchev–Trinajstić information content (AvgIpc) is 2.75. The molecule has 0 saturated heterocycles. The van der Waals surface area contributed by atoms with E-state index in [1.165, 1.54) is 7.11 Å². The van der Waals surface area contributed by atoms with Crippen LogP contribution in [0.5, 0.6) is 17.2 Å². The number of nitrogens with zero attached hydrogens (tertiary/aromatic N) is 1. The predicted molar refractivity (Wildman–Crippen MR) is 102 cm³/mol. The molecule has 2 aromatic carbocycles. The Labute approximate surface area is 163 Å². The number of hydrogen-bond acceptors (Lipinski definition) is 6. The van der Waals surface area contributed by atoms with Crippen LogP contribution in [0.1, 0.15) is 17.3 Å². The van der Waals surface area contributed by atoms with Gasteiger partial charge >= 0.3 is 5.97 Å². The minimum absolute atomic E-state index is 0.102. The largest absolute Gasteiger partial charge is 0.486 e. The summed E-state index contributed by atoms with van der Waals surface area (Å²) in [6.45, 7) is 3.13. The fraction of sp³-hybridized carbons (Fsp3) is 0.333. The molecule has 1 atom stereocenters. The molecule has 2 aromatic rings. The first-order valence-electron chi connectivity index (χ1n) is 9.08. The maximum absolute atomic E-state index is 12.5. The van der Waals surface area contributed by atoms with Crippen molar-refractivity contribution in [2.24, 2.45) is 0 Å². The van der Waals surface area contributed by atoms with E-state index in [0.29, 0.717) is 42.5 Å². The smallest absolute Gasteiger partial charge is 0.337 e. The van der Waals surface area contributed by atoms with Crippen molar-refractivity contribution >= 4 is 11.9 Å². The molecular weight excluding hydrogens is 362 g/mol. The summed E-state index contributed by atoms with van der Waals surface area (Å²) in [5.74, 6) is 1.33. The van der Waals surface area contributed by atoms with Gasteiger partial charge in [0, 0.05) is 6.54 Å². The summed E-state index contributed by atoms with van der Waals surface area (Å²) in [5.41, 5.74) is 0.422. The van der Waals surface area contributed by atoms with Crippen LogP contribution in [0.15, 0.2) is 48.5 Å². The first-order chi connectivity index (χ1) is 13.6. The van der Waals surface area contributed by atoms with Crippen molar-refractivity contribution in [3.63, 3.8) is 0 Å². The van der Waals surface area contributed by atoms with Gasteiger partial charge in [0.15, 0.2) is 24.2 Å². The maximum atomic E-state index is 12.5. The van der Waals surface area contributed by atoms with Crippen molar-refractivity contribution in [1.29, 1.82) is 0 Å². The zero-order chi connectivity index (χ0) is 19.9. The molecule has 0 radical (unpaired) electrons. The van der Waals surface area contributed by atoms with E-state index in [1.54, 1.807) is 29.2 Å². The number of carbonyl (C=O) groups excluding carboxylic acids is 2. The Bertz CT molecular complexity index is 820. The molecule has 0 spiro atoms. The van der Waals surface area contributed by atoms with Crippen LogP contribution in [0.25, 0.3) is 0 Å². The summed E-state index contributed by atoms with van der Waals surface area (Å²) < 4.78 is 21.8. The Morgan fingerprint density at radius 3 is 2.50 bits per heavy atom. The number of benzene rings is 2. The SMILES string of the molecule is CCN(C[C@H]1COc2ccccc2O1)C(=O)COc1ccc(C(=O)OC)cc1. The monoisotopic (exact) mass is 385 g/mol. The average molecular weight is 385 g/mol. The molecule has 1 amide bonds. The first-order valence-corrected chi connectivity index (χ1v) is 9.08. The molecule has 7 heteroatoms. The topological polar surface area (TPSA) is 74.3 Å². The van der Waals surface area contributed by atoms with Gasteiger partial charge in [-0.3, -0.25) is 4.79 Å². The summed E-state index contributed by atoms with van der Waals surface area (Å²) in [6.07, 6.45) is -0.238. The van der Waals surface area contributed by atoms with Crippen molar-refractivity contribution in [1.82, 2.24) is 4.90 Å². The van der Waals surface area contributed by atoms with Gasteiger partial charge in [0.05, 0.1) is 19.2 Å². The van der Waals surface area contributed by atoms with Gasteiger partial charge in [0.2, 0.25) is 0 Å². The number of hydrogen-bond donors (Lipinski definition) is 0. The number of para-hydroxylation sites is 2. The summed E-state index contributed by atoms with van der Waals surface area (Å²) in [4.78, 5) is 25.6. The molecule has 0 N–H and O–H groups in total. The second kappa shape index (κ2) is 9.12. The lowest BCUT2D eigenvalue weighted by atomic mass is 10.2. The molecule has 1 heterocycles. The third-order valence-corrected chi connectivity index (χ3v) is 4.36. The van der Waals surface area contributed by atoms with Gasteiger partial charge in [-0.05, 0) is 43.3 Å². The third-order valence-electron chi connectivity index (χ3n) is 4.36. The number of amides is 1. The van der Waals surface area contributed by atoms with E-state index in [9.17, 15) is 9.59 Å². The number of esters is 1. The molecule has 0 unspecified atom stereocenters. The number of likely N-dealkylation sites (N-methyl/N-ethyl adjacent to an activating group) is 1. The van der Waals surface area contributed by atoms with Gasteiger partial charge < -0.3 is 23.8 Å². The Morgan fingerprint density at radius 1 is 1.11 bits per heavy atom. The van der Waals surface area contributed by atoms with E-state index < -0.39 is 5.97 Å². The lowest BCUT2D eigenvalue weighted by Crippen LogP contribution is -2.45. The van der Waals surface area contributed by atoms with E-state index in [2.05, 4.69) is 4.74 Å². The second-order valence-corrected chi connectivity index (χ2v) is 6.23. The van der Waals surface area contributed by atoms with Gasteiger partial charge in [0.25, 0.3) is 5.91 Å². The molecule has 7 nitrogen and oxygen atoms in total. The summed E-state index contributed by atoms with van der Waals surface area (Å²) >= 11 is 0. The van der Waals surface area contributed by atoms with Crippen molar-refractivity contribution in [2.45, 2.75) is 13.0 Å². The van der Waals surface area contributed by atoms with Gasteiger partial charge in [-0.25, -0.2) is 4.79 Å². The van der Waals surface area contributed by atoms with E-state index in [-0.39, 0.29) is 18.6 Å². The standard InChI is InChI=1S/C21H23NO6/c1-3-22(12-17-13-27-18-6-4-5-7-19(18)28-17)20(23)14-26-16-10-8-15(9-11-16)21(24)25-2/h4-11,17H,3,12-14H2,1-2H3/t17-/m0/s1. The highest BCUT2D eigenvalue weighted by Crippen LogP contribution is 2.31. The number of carbonyl (C=O) groups is 2.